The lowest BCUT2D eigenvalue weighted by molar-refractivity contribution is 0.112. The second kappa shape index (κ2) is 10.6. The van der Waals surface area contributed by atoms with Crippen molar-refractivity contribution in [2.24, 2.45) is 0 Å². The first-order chi connectivity index (χ1) is 11.8. The topological polar surface area (TPSA) is 35.5 Å². The Morgan fingerprint density at radius 3 is 2.21 bits per heavy atom. The first-order valence-corrected chi connectivity index (χ1v) is 8.56. The highest BCUT2D eigenvalue weighted by atomic mass is 16.5. The number of methoxy groups -OCH3 is 1. The molecule has 0 aliphatic heterocycles. The number of rotatable bonds is 5. The van der Waals surface area contributed by atoms with Gasteiger partial charge in [0.05, 0.1) is 12.7 Å². The minimum absolute atomic E-state index is 0.376. The molecule has 1 aliphatic rings. The highest BCUT2D eigenvalue weighted by Gasteiger charge is 2.14. The van der Waals surface area contributed by atoms with Gasteiger partial charge in [-0.1, -0.05) is 36.8 Å². The Kier molecular flexibility index (Phi) is 8.05. The van der Waals surface area contributed by atoms with Gasteiger partial charge in [0.15, 0.2) is 0 Å². The number of hydrogen-bond donors (Lipinski definition) is 0. The average Bonchev–Trinajstić information content (AvgIpc) is 2.65. The third-order valence-corrected chi connectivity index (χ3v) is 4.02. The molecule has 3 nitrogen and oxygen atoms in total. The van der Waals surface area contributed by atoms with Crippen LogP contribution in [0.1, 0.15) is 48.0 Å². The normalized spacial score (nSPS) is 14.4. The highest BCUT2D eigenvalue weighted by Crippen LogP contribution is 2.23. The second-order valence-electron chi connectivity index (χ2n) is 5.98. The third-order valence-electron chi connectivity index (χ3n) is 4.02. The van der Waals surface area contributed by atoms with Crippen LogP contribution in [-0.2, 0) is 11.3 Å². The van der Waals surface area contributed by atoms with Crippen molar-refractivity contribution >= 4 is 6.29 Å². The zero-order valence-corrected chi connectivity index (χ0v) is 14.3. The first kappa shape index (κ1) is 18.2. The number of carbonyl (C=O) groups is 1. The van der Waals surface area contributed by atoms with Crippen molar-refractivity contribution in [2.45, 2.75) is 44.8 Å². The summed E-state index contributed by atoms with van der Waals surface area (Å²) in [5.74, 6) is 0.882. The lowest BCUT2D eigenvalue weighted by Crippen LogP contribution is -2.19. The van der Waals surface area contributed by atoms with Gasteiger partial charge in [0.1, 0.15) is 12.0 Å². The SMILES string of the molecule is COCc1ccccc1.O=Cc1ccc(OC2CCCCC2)cc1. The third kappa shape index (κ3) is 6.55. The zero-order valence-electron chi connectivity index (χ0n) is 14.3. The fourth-order valence-corrected chi connectivity index (χ4v) is 2.74. The number of carbonyl (C=O) groups excluding carboxylic acids is 1. The van der Waals surface area contributed by atoms with Crippen LogP contribution in [0.15, 0.2) is 54.6 Å². The fourth-order valence-electron chi connectivity index (χ4n) is 2.74. The molecular formula is C21H26O3. The quantitative estimate of drug-likeness (QED) is 0.722. The summed E-state index contributed by atoms with van der Waals surface area (Å²) in [4.78, 5) is 10.5. The van der Waals surface area contributed by atoms with Gasteiger partial charge in [-0.3, -0.25) is 4.79 Å². The van der Waals surface area contributed by atoms with Gasteiger partial charge in [0, 0.05) is 12.7 Å². The van der Waals surface area contributed by atoms with Crippen molar-refractivity contribution < 1.29 is 14.3 Å². The molecule has 3 rings (SSSR count). The predicted octanol–water partition coefficient (Wildman–Crippen LogP) is 5.04. The number of aldehydes is 1. The maximum Gasteiger partial charge on any atom is 0.150 e. The predicted molar refractivity (Wildman–Crippen MR) is 96.5 cm³/mol. The van der Waals surface area contributed by atoms with E-state index in [0.717, 1.165) is 24.9 Å². The van der Waals surface area contributed by atoms with E-state index in [1.165, 1.54) is 24.8 Å². The molecule has 2 aromatic rings. The Balaban J connectivity index is 0.000000198. The molecule has 24 heavy (non-hydrogen) atoms. The molecule has 2 aromatic carbocycles. The van der Waals surface area contributed by atoms with Crippen LogP contribution >= 0.6 is 0 Å². The number of hydrogen-bond acceptors (Lipinski definition) is 3. The zero-order chi connectivity index (χ0) is 17.0. The Bertz CT molecular complexity index is 572. The van der Waals surface area contributed by atoms with E-state index in [9.17, 15) is 4.79 Å². The first-order valence-electron chi connectivity index (χ1n) is 8.56. The van der Waals surface area contributed by atoms with Crippen LogP contribution < -0.4 is 4.74 Å². The van der Waals surface area contributed by atoms with Gasteiger partial charge in [0.25, 0.3) is 0 Å². The van der Waals surface area contributed by atoms with E-state index in [0.29, 0.717) is 18.3 Å². The molecule has 0 bridgehead atoms. The summed E-state index contributed by atoms with van der Waals surface area (Å²) in [5.41, 5.74) is 1.92. The van der Waals surface area contributed by atoms with Crippen LogP contribution in [0.3, 0.4) is 0 Å². The van der Waals surface area contributed by atoms with Crippen molar-refractivity contribution in [2.75, 3.05) is 7.11 Å². The standard InChI is InChI=1S/C13H16O2.C8H10O/c14-10-11-6-8-13(9-7-11)15-12-4-2-1-3-5-12;1-9-7-8-5-3-2-4-6-8/h6-10,12H,1-5H2;2-6H,7H2,1H3. The lowest BCUT2D eigenvalue weighted by Gasteiger charge is -2.22. The molecule has 0 heterocycles. The van der Waals surface area contributed by atoms with Gasteiger partial charge in [-0.05, 0) is 55.5 Å². The molecule has 0 radical (unpaired) electrons. The van der Waals surface area contributed by atoms with Gasteiger partial charge in [-0.15, -0.1) is 0 Å². The van der Waals surface area contributed by atoms with E-state index < -0.39 is 0 Å². The van der Waals surface area contributed by atoms with Crippen molar-refractivity contribution in [1.29, 1.82) is 0 Å². The molecule has 0 saturated heterocycles. The summed E-state index contributed by atoms with van der Waals surface area (Å²) in [6.07, 6.45) is 7.44. The van der Waals surface area contributed by atoms with Crippen molar-refractivity contribution in [3.8, 4) is 5.75 Å². The van der Waals surface area contributed by atoms with Crippen molar-refractivity contribution in [1.82, 2.24) is 0 Å². The Morgan fingerprint density at radius 1 is 0.958 bits per heavy atom. The van der Waals surface area contributed by atoms with E-state index in [1.54, 1.807) is 19.2 Å². The van der Waals surface area contributed by atoms with Crippen LogP contribution in [0, 0.1) is 0 Å². The lowest BCUT2D eigenvalue weighted by atomic mass is 9.98. The minimum Gasteiger partial charge on any atom is -0.490 e. The van der Waals surface area contributed by atoms with Crippen molar-refractivity contribution in [3.05, 3.63) is 65.7 Å². The van der Waals surface area contributed by atoms with Crippen LogP contribution in [0.4, 0.5) is 0 Å². The van der Waals surface area contributed by atoms with E-state index in [-0.39, 0.29) is 0 Å². The summed E-state index contributed by atoms with van der Waals surface area (Å²) >= 11 is 0. The molecule has 128 valence electrons. The summed E-state index contributed by atoms with van der Waals surface area (Å²) in [6, 6.07) is 17.4. The molecule has 0 aromatic heterocycles. The van der Waals surface area contributed by atoms with Crippen LogP contribution in [0.25, 0.3) is 0 Å². The van der Waals surface area contributed by atoms with Gasteiger partial charge < -0.3 is 9.47 Å². The van der Waals surface area contributed by atoms with Gasteiger partial charge in [-0.25, -0.2) is 0 Å². The van der Waals surface area contributed by atoms with Crippen LogP contribution in [0.2, 0.25) is 0 Å². The molecule has 0 N–H and O–H groups in total. The summed E-state index contributed by atoms with van der Waals surface area (Å²) < 4.78 is 10.8. The molecule has 1 fully saturated rings. The van der Waals surface area contributed by atoms with Crippen LogP contribution in [0.5, 0.6) is 5.75 Å². The Morgan fingerprint density at radius 2 is 1.62 bits per heavy atom. The Hall–Kier alpha value is -2.13. The monoisotopic (exact) mass is 326 g/mol. The average molecular weight is 326 g/mol. The molecule has 3 heteroatoms. The molecule has 1 saturated carbocycles. The van der Waals surface area contributed by atoms with Gasteiger partial charge in [-0.2, -0.15) is 0 Å². The van der Waals surface area contributed by atoms with E-state index in [1.807, 2.05) is 42.5 Å². The van der Waals surface area contributed by atoms with Crippen LogP contribution in [-0.4, -0.2) is 19.5 Å². The Labute approximate surface area is 144 Å². The summed E-state index contributed by atoms with van der Waals surface area (Å²) in [5, 5.41) is 0. The fraction of sp³-hybridized carbons (Fsp3) is 0.381. The number of benzene rings is 2. The summed E-state index contributed by atoms with van der Waals surface area (Å²) in [6.45, 7) is 0.709. The highest BCUT2D eigenvalue weighted by molar-refractivity contribution is 5.74. The smallest absolute Gasteiger partial charge is 0.150 e. The van der Waals surface area contributed by atoms with E-state index >= 15 is 0 Å². The molecular weight excluding hydrogens is 300 g/mol. The van der Waals surface area contributed by atoms with E-state index in [2.05, 4.69) is 0 Å². The number of ether oxygens (including phenoxy) is 2. The van der Waals surface area contributed by atoms with Gasteiger partial charge >= 0.3 is 0 Å². The largest absolute Gasteiger partial charge is 0.490 e. The maximum absolute atomic E-state index is 10.5. The van der Waals surface area contributed by atoms with E-state index in [4.69, 9.17) is 9.47 Å². The van der Waals surface area contributed by atoms with Crippen molar-refractivity contribution in [3.63, 3.8) is 0 Å². The molecule has 0 unspecified atom stereocenters. The van der Waals surface area contributed by atoms with Gasteiger partial charge in [0.2, 0.25) is 0 Å². The molecule has 0 amide bonds. The molecule has 1 aliphatic carbocycles. The maximum atomic E-state index is 10.5. The molecule has 0 atom stereocenters. The minimum atomic E-state index is 0.376. The summed E-state index contributed by atoms with van der Waals surface area (Å²) in [7, 11) is 1.70. The molecule has 0 spiro atoms. The second-order valence-corrected chi connectivity index (χ2v) is 5.98.